The van der Waals surface area contributed by atoms with Crippen LogP contribution >= 0.6 is 23.5 Å². The number of amides is 4. The monoisotopic (exact) mass is 582 g/mol. The van der Waals surface area contributed by atoms with Crippen LogP contribution in [-0.4, -0.2) is 75.8 Å². The zero-order valence-electron chi connectivity index (χ0n) is 24.8. The average Bonchev–Trinajstić information content (AvgIpc) is 3.29. The molecule has 10 heteroatoms. The van der Waals surface area contributed by atoms with Crippen molar-refractivity contribution < 1.29 is 19.2 Å². The molecule has 222 valence electrons. The highest BCUT2D eigenvalue weighted by molar-refractivity contribution is 8.18. The SMILES string of the molecule is CCC[C@H](NC(=O)[C@@H]1CC2(CN1C(=O)[C@@H](NC(=O)[C@@H](C)C1CCCCC1)C(C)(C)C)SCCCS2)C(=O)NC. The van der Waals surface area contributed by atoms with Crippen molar-refractivity contribution in [1.29, 1.82) is 0 Å². The molecule has 8 nitrogen and oxygen atoms in total. The van der Waals surface area contributed by atoms with E-state index in [0.717, 1.165) is 50.0 Å². The van der Waals surface area contributed by atoms with Gasteiger partial charge in [-0.2, -0.15) is 0 Å². The third-order valence-corrected chi connectivity index (χ3v) is 11.9. The van der Waals surface area contributed by atoms with Crippen molar-refractivity contribution in [2.75, 3.05) is 25.1 Å². The predicted octanol–water partition coefficient (Wildman–Crippen LogP) is 3.93. The Kier molecular flexibility index (Phi) is 11.5. The fourth-order valence-corrected chi connectivity index (χ4v) is 9.42. The smallest absolute Gasteiger partial charge is 0.246 e. The number of thioether (sulfide) groups is 2. The molecule has 2 heterocycles. The fourth-order valence-electron chi connectivity index (χ4n) is 6.07. The van der Waals surface area contributed by atoms with Gasteiger partial charge in [0.15, 0.2) is 0 Å². The summed E-state index contributed by atoms with van der Waals surface area (Å²) in [6.45, 7) is 10.3. The van der Waals surface area contributed by atoms with Gasteiger partial charge in [0.2, 0.25) is 23.6 Å². The van der Waals surface area contributed by atoms with Gasteiger partial charge >= 0.3 is 0 Å². The zero-order valence-corrected chi connectivity index (χ0v) is 26.4. The van der Waals surface area contributed by atoms with Crippen LogP contribution in [0.5, 0.6) is 0 Å². The van der Waals surface area contributed by atoms with E-state index in [0.29, 0.717) is 25.3 Å². The van der Waals surface area contributed by atoms with E-state index in [9.17, 15) is 19.2 Å². The predicted molar refractivity (Wildman–Crippen MR) is 160 cm³/mol. The lowest BCUT2D eigenvalue weighted by atomic mass is 9.79. The number of hydrogen-bond donors (Lipinski definition) is 3. The Morgan fingerprint density at radius 3 is 2.18 bits per heavy atom. The number of likely N-dealkylation sites (N-methyl/N-ethyl adjacent to an activating group) is 1. The molecule has 39 heavy (non-hydrogen) atoms. The summed E-state index contributed by atoms with van der Waals surface area (Å²) in [6.07, 6.45) is 8.56. The summed E-state index contributed by atoms with van der Waals surface area (Å²) in [6, 6.07) is -2.07. The molecule has 3 rings (SSSR count). The first-order valence-corrected chi connectivity index (χ1v) is 16.8. The molecule has 1 aliphatic carbocycles. The molecule has 3 N–H and O–H groups in total. The second-order valence-electron chi connectivity index (χ2n) is 12.6. The maximum Gasteiger partial charge on any atom is 0.246 e. The van der Waals surface area contributed by atoms with Crippen molar-refractivity contribution in [3.05, 3.63) is 0 Å². The van der Waals surface area contributed by atoms with Gasteiger partial charge in [-0.25, -0.2) is 0 Å². The summed E-state index contributed by atoms with van der Waals surface area (Å²) in [4.78, 5) is 55.6. The maximum atomic E-state index is 14.3. The molecule has 2 saturated heterocycles. The van der Waals surface area contributed by atoms with E-state index in [2.05, 4.69) is 16.0 Å². The van der Waals surface area contributed by atoms with E-state index in [1.165, 1.54) is 6.42 Å². The quantitative estimate of drug-likeness (QED) is 0.380. The van der Waals surface area contributed by atoms with Gasteiger partial charge in [0.25, 0.3) is 0 Å². The summed E-state index contributed by atoms with van der Waals surface area (Å²) in [7, 11) is 1.57. The van der Waals surface area contributed by atoms with Gasteiger partial charge in [0, 0.05) is 25.9 Å². The summed E-state index contributed by atoms with van der Waals surface area (Å²) >= 11 is 3.67. The average molecular weight is 583 g/mol. The summed E-state index contributed by atoms with van der Waals surface area (Å²) in [5.41, 5.74) is -0.532. The lowest BCUT2D eigenvalue weighted by molar-refractivity contribution is -0.145. The molecule has 0 aromatic rings. The van der Waals surface area contributed by atoms with E-state index in [1.54, 1.807) is 11.9 Å². The van der Waals surface area contributed by atoms with Crippen molar-refractivity contribution in [1.82, 2.24) is 20.9 Å². The molecule has 0 aromatic heterocycles. The molecular weight excluding hydrogens is 532 g/mol. The van der Waals surface area contributed by atoms with Gasteiger partial charge in [0.05, 0.1) is 4.08 Å². The van der Waals surface area contributed by atoms with Crippen LogP contribution in [0.15, 0.2) is 0 Å². The van der Waals surface area contributed by atoms with Gasteiger partial charge in [-0.1, -0.05) is 60.3 Å². The Morgan fingerprint density at radius 2 is 1.62 bits per heavy atom. The van der Waals surface area contributed by atoms with Crippen LogP contribution in [0.4, 0.5) is 0 Å². The topological polar surface area (TPSA) is 108 Å². The number of nitrogens with zero attached hydrogens (tertiary/aromatic N) is 1. The van der Waals surface area contributed by atoms with Crippen LogP contribution in [0.3, 0.4) is 0 Å². The highest BCUT2D eigenvalue weighted by Gasteiger charge is 2.53. The lowest BCUT2D eigenvalue weighted by Gasteiger charge is -2.37. The van der Waals surface area contributed by atoms with Crippen molar-refractivity contribution in [3.8, 4) is 0 Å². The number of hydrogen-bond acceptors (Lipinski definition) is 6. The van der Waals surface area contributed by atoms with Gasteiger partial charge in [-0.3, -0.25) is 19.2 Å². The van der Waals surface area contributed by atoms with E-state index in [1.807, 2.05) is 58.1 Å². The third-order valence-electron chi connectivity index (χ3n) is 8.52. The highest BCUT2D eigenvalue weighted by Crippen LogP contribution is 2.50. The highest BCUT2D eigenvalue weighted by atomic mass is 32.2. The van der Waals surface area contributed by atoms with Crippen LogP contribution < -0.4 is 16.0 Å². The third kappa shape index (κ3) is 8.08. The maximum absolute atomic E-state index is 14.3. The van der Waals surface area contributed by atoms with Crippen LogP contribution in [0.2, 0.25) is 0 Å². The Balaban J connectivity index is 1.84. The minimum Gasteiger partial charge on any atom is -0.357 e. The normalized spacial score (nSPS) is 24.1. The second kappa shape index (κ2) is 14.0. The van der Waals surface area contributed by atoms with Gasteiger partial charge in [-0.15, -0.1) is 23.5 Å². The Labute approximate surface area is 243 Å². The largest absolute Gasteiger partial charge is 0.357 e. The van der Waals surface area contributed by atoms with Crippen molar-refractivity contribution in [2.24, 2.45) is 17.3 Å². The minimum atomic E-state index is -0.745. The fraction of sp³-hybridized carbons (Fsp3) is 0.862. The molecule has 0 aromatic carbocycles. The first kappa shape index (κ1) is 32.1. The van der Waals surface area contributed by atoms with Gasteiger partial charge in [-0.05, 0) is 48.5 Å². The zero-order chi connectivity index (χ0) is 28.8. The van der Waals surface area contributed by atoms with Crippen molar-refractivity contribution >= 4 is 47.2 Å². The van der Waals surface area contributed by atoms with E-state index >= 15 is 0 Å². The minimum absolute atomic E-state index is 0.0749. The second-order valence-corrected chi connectivity index (χ2v) is 15.8. The van der Waals surface area contributed by atoms with E-state index < -0.39 is 23.5 Å². The van der Waals surface area contributed by atoms with Crippen molar-refractivity contribution in [3.63, 3.8) is 0 Å². The molecule has 3 fully saturated rings. The molecule has 4 atom stereocenters. The Morgan fingerprint density at radius 1 is 0.974 bits per heavy atom. The van der Waals surface area contributed by atoms with Crippen LogP contribution in [0.25, 0.3) is 0 Å². The number of likely N-dealkylation sites (tertiary alicyclic amines) is 1. The molecule has 1 saturated carbocycles. The number of carbonyl (C=O) groups excluding carboxylic acids is 4. The summed E-state index contributed by atoms with van der Waals surface area (Å²) in [5.74, 6) is 1.39. The number of carbonyl (C=O) groups is 4. The summed E-state index contributed by atoms with van der Waals surface area (Å²) in [5, 5.41) is 8.72. The van der Waals surface area contributed by atoms with Crippen LogP contribution in [0, 0.1) is 17.3 Å². The Hall–Kier alpha value is -1.42. The first-order chi connectivity index (χ1) is 18.4. The Bertz CT molecular complexity index is 881. The first-order valence-electron chi connectivity index (χ1n) is 14.8. The van der Waals surface area contributed by atoms with E-state index in [4.69, 9.17) is 0 Å². The van der Waals surface area contributed by atoms with Crippen molar-refractivity contribution in [2.45, 2.75) is 115 Å². The molecular formula is C29H50N4O4S2. The van der Waals surface area contributed by atoms with Gasteiger partial charge < -0.3 is 20.9 Å². The molecule has 1 spiro atoms. The van der Waals surface area contributed by atoms with Crippen LogP contribution in [0.1, 0.15) is 92.4 Å². The molecule has 0 unspecified atom stereocenters. The molecule has 0 bridgehead atoms. The summed E-state index contributed by atoms with van der Waals surface area (Å²) < 4.78 is -0.245. The van der Waals surface area contributed by atoms with Gasteiger partial charge in [0.1, 0.15) is 18.1 Å². The van der Waals surface area contributed by atoms with E-state index in [-0.39, 0.29) is 33.6 Å². The number of rotatable bonds is 9. The standard InChI is InChI=1S/C29H50N4O4S2/c1-7-12-21(25(35)30-6)31-26(36)22-17-29(38-15-11-16-39-29)18-33(22)27(37)23(28(3,4)5)32-24(34)19(2)20-13-9-8-10-14-20/h19-23H,7-18H2,1-6H3,(H,30,35)(H,31,36)(H,32,34)/t19-,21-,22-,23+/m0/s1. The molecule has 3 aliphatic rings. The van der Waals surface area contributed by atoms with Crippen LogP contribution in [-0.2, 0) is 19.2 Å². The number of nitrogens with one attached hydrogen (secondary N) is 3. The molecule has 0 radical (unpaired) electrons. The molecule has 2 aliphatic heterocycles. The molecule has 4 amide bonds. The lowest BCUT2D eigenvalue weighted by Crippen LogP contribution is -2.59.